The molecule has 0 radical (unpaired) electrons. The minimum absolute atomic E-state index is 0.153. The molecule has 0 spiro atoms. The van der Waals surface area contributed by atoms with E-state index in [2.05, 4.69) is 0 Å². The van der Waals surface area contributed by atoms with Gasteiger partial charge in [-0.2, -0.15) is 0 Å². The highest BCUT2D eigenvalue weighted by molar-refractivity contribution is 5.71. The quantitative estimate of drug-likeness (QED) is 0.745. The van der Waals surface area contributed by atoms with Gasteiger partial charge in [0.25, 0.3) is 0 Å². The van der Waals surface area contributed by atoms with Crippen molar-refractivity contribution in [3.05, 3.63) is 35.9 Å². The highest BCUT2D eigenvalue weighted by Crippen LogP contribution is 2.21. The highest BCUT2D eigenvalue weighted by atomic mass is 16.6. The number of hydrogen-bond donors (Lipinski definition) is 0. The Labute approximate surface area is 100 Å². The third kappa shape index (κ3) is 2.46. The predicted octanol–water partition coefficient (Wildman–Crippen LogP) is 1.84. The molecule has 2 atom stereocenters. The monoisotopic (exact) mass is 233 g/mol. The lowest BCUT2D eigenvalue weighted by Crippen LogP contribution is -2.38. The zero-order valence-corrected chi connectivity index (χ0v) is 9.70. The SMILES string of the molecule is C[C@@H](C=O)[C@H]1COC(=O)N1Cc1ccccc1. The first kappa shape index (κ1) is 11.6. The van der Waals surface area contributed by atoms with Crippen LogP contribution in [0.25, 0.3) is 0 Å². The number of hydrogen-bond acceptors (Lipinski definition) is 3. The van der Waals surface area contributed by atoms with Crippen LogP contribution in [0.3, 0.4) is 0 Å². The maximum absolute atomic E-state index is 11.6. The molecule has 1 heterocycles. The molecule has 0 aromatic heterocycles. The number of ether oxygens (including phenoxy) is 1. The van der Waals surface area contributed by atoms with Gasteiger partial charge in [-0.05, 0) is 5.56 Å². The Hall–Kier alpha value is -1.84. The number of amides is 1. The number of aldehydes is 1. The Morgan fingerprint density at radius 3 is 2.82 bits per heavy atom. The van der Waals surface area contributed by atoms with Gasteiger partial charge in [-0.3, -0.25) is 4.90 Å². The van der Waals surface area contributed by atoms with Crippen molar-refractivity contribution in [1.82, 2.24) is 4.90 Å². The fourth-order valence-electron chi connectivity index (χ4n) is 1.95. The number of carbonyl (C=O) groups excluding carboxylic acids is 2. The molecule has 90 valence electrons. The molecule has 0 N–H and O–H groups in total. The Morgan fingerprint density at radius 1 is 1.47 bits per heavy atom. The van der Waals surface area contributed by atoms with Gasteiger partial charge in [0.1, 0.15) is 12.9 Å². The largest absolute Gasteiger partial charge is 0.447 e. The summed E-state index contributed by atoms with van der Waals surface area (Å²) in [4.78, 5) is 24.0. The lowest BCUT2D eigenvalue weighted by molar-refractivity contribution is -0.112. The maximum Gasteiger partial charge on any atom is 0.410 e. The van der Waals surface area contributed by atoms with Crippen LogP contribution in [-0.4, -0.2) is 29.9 Å². The van der Waals surface area contributed by atoms with Crippen LogP contribution in [-0.2, 0) is 16.1 Å². The molecule has 2 rings (SSSR count). The normalized spacial score (nSPS) is 21.1. The van der Waals surface area contributed by atoms with Crippen molar-refractivity contribution < 1.29 is 14.3 Å². The summed E-state index contributed by atoms with van der Waals surface area (Å²) in [6, 6.07) is 9.53. The Morgan fingerprint density at radius 2 is 2.18 bits per heavy atom. The molecular formula is C13H15NO3. The number of carbonyl (C=O) groups is 2. The Kier molecular flexibility index (Phi) is 3.42. The van der Waals surface area contributed by atoms with Crippen LogP contribution in [0.2, 0.25) is 0 Å². The maximum atomic E-state index is 11.6. The topological polar surface area (TPSA) is 46.6 Å². The number of benzene rings is 1. The van der Waals surface area contributed by atoms with Gasteiger partial charge in [0.05, 0.1) is 6.04 Å². The lowest BCUT2D eigenvalue weighted by atomic mass is 10.0. The molecule has 1 fully saturated rings. The molecule has 1 saturated heterocycles. The molecule has 1 aromatic carbocycles. The molecular weight excluding hydrogens is 218 g/mol. The average Bonchev–Trinajstić information content (AvgIpc) is 2.72. The van der Waals surface area contributed by atoms with Crippen LogP contribution in [0.15, 0.2) is 30.3 Å². The molecule has 1 amide bonds. The van der Waals surface area contributed by atoms with E-state index in [0.29, 0.717) is 13.2 Å². The number of rotatable bonds is 4. The third-order valence-electron chi connectivity index (χ3n) is 3.03. The summed E-state index contributed by atoms with van der Waals surface area (Å²) >= 11 is 0. The molecule has 1 aromatic rings. The standard InChI is InChI=1S/C13H15NO3/c1-10(8-15)12-9-17-13(16)14(12)7-11-5-3-2-4-6-11/h2-6,8,10,12H,7,9H2,1H3/t10-,12+/m0/s1. The smallest absolute Gasteiger partial charge is 0.410 e. The van der Waals surface area contributed by atoms with Crippen LogP contribution in [0.1, 0.15) is 12.5 Å². The van der Waals surface area contributed by atoms with Crippen molar-refractivity contribution in [2.45, 2.75) is 19.5 Å². The van der Waals surface area contributed by atoms with Crippen molar-refractivity contribution in [2.75, 3.05) is 6.61 Å². The zero-order valence-electron chi connectivity index (χ0n) is 9.70. The molecule has 0 aliphatic carbocycles. The molecule has 17 heavy (non-hydrogen) atoms. The first-order valence-electron chi connectivity index (χ1n) is 5.65. The summed E-state index contributed by atoms with van der Waals surface area (Å²) < 4.78 is 5.00. The predicted molar refractivity (Wildman–Crippen MR) is 62.3 cm³/mol. The van der Waals surface area contributed by atoms with Crippen molar-refractivity contribution in [3.63, 3.8) is 0 Å². The molecule has 0 bridgehead atoms. The molecule has 0 unspecified atom stereocenters. The average molecular weight is 233 g/mol. The summed E-state index contributed by atoms with van der Waals surface area (Å²) in [6.45, 7) is 2.59. The van der Waals surface area contributed by atoms with E-state index in [9.17, 15) is 9.59 Å². The van der Waals surface area contributed by atoms with E-state index in [1.807, 2.05) is 30.3 Å². The van der Waals surface area contributed by atoms with E-state index in [4.69, 9.17) is 4.74 Å². The molecule has 1 aliphatic rings. The van der Waals surface area contributed by atoms with E-state index in [1.165, 1.54) is 0 Å². The molecule has 4 heteroatoms. The van der Waals surface area contributed by atoms with E-state index < -0.39 is 0 Å². The van der Waals surface area contributed by atoms with Crippen LogP contribution >= 0.6 is 0 Å². The van der Waals surface area contributed by atoms with Gasteiger partial charge >= 0.3 is 6.09 Å². The molecule has 4 nitrogen and oxygen atoms in total. The minimum Gasteiger partial charge on any atom is -0.447 e. The first-order chi connectivity index (χ1) is 8.22. The zero-order chi connectivity index (χ0) is 12.3. The second-order valence-electron chi connectivity index (χ2n) is 4.25. The third-order valence-corrected chi connectivity index (χ3v) is 3.03. The van der Waals surface area contributed by atoms with Gasteiger partial charge in [-0.25, -0.2) is 4.79 Å². The van der Waals surface area contributed by atoms with E-state index in [1.54, 1.807) is 11.8 Å². The van der Waals surface area contributed by atoms with Crippen LogP contribution in [0.4, 0.5) is 4.79 Å². The fourth-order valence-corrected chi connectivity index (χ4v) is 1.95. The minimum atomic E-state index is -0.340. The van der Waals surface area contributed by atoms with Gasteiger partial charge in [0, 0.05) is 12.5 Å². The Bertz CT molecular complexity index is 404. The Balaban J connectivity index is 2.12. The van der Waals surface area contributed by atoms with Crippen LogP contribution < -0.4 is 0 Å². The summed E-state index contributed by atoms with van der Waals surface area (Å²) in [5, 5.41) is 0. The van der Waals surface area contributed by atoms with E-state index in [0.717, 1.165) is 11.8 Å². The van der Waals surface area contributed by atoms with Gasteiger partial charge in [-0.1, -0.05) is 37.3 Å². The second kappa shape index (κ2) is 4.99. The summed E-state index contributed by atoms with van der Waals surface area (Å²) in [5.41, 5.74) is 1.04. The van der Waals surface area contributed by atoms with Crippen molar-refractivity contribution in [1.29, 1.82) is 0 Å². The van der Waals surface area contributed by atoms with Crippen molar-refractivity contribution in [2.24, 2.45) is 5.92 Å². The van der Waals surface area contributed by atoms with E-state index in [-0.39, 0.29) is 18.1 Å². The van der Waals surface area contributed by atoms with Gasteiger partial charge < -0.3 is 9.53 Å². The van der Waals surface area contributed by atoms with Crippen molar-refractivity contribution >= 4 is 12.4 Å². The number of nitrogens with zero attached hydrogens (tertiary/aromatic N) is 1. The highest BCUT2D eigenvalue weighted by Gasteiger charge is 2.36. The fraction of sp³-hybridized carbons (Fsp3) is 0.385. The summed E-state index contributed by atoms with van der Waals surface area (Å²) in [6.07, 6.45) is 0.525. The number of cyclic esters (lactones) is 1. The van der Waals surface area contributed by atoms with Crippen molar-refractivity contribution in [3.8, 4) is 0 Å². The van der Waals surface area contributed by atoms with Crippen LogP contribution in [0.5, 0.6) is 0 Å². The summed E-state index contributed by atoms with van der Waals surface area (Å²) in [7, 11) is 0. The van der Waals surface area contributed by atoms with Gasteiger partial charge in [-0.15, -0.1) is 0 Å². The lowest BCUT2D eigenvalue weighted by Gasteiger charge is -2.23. The van der Waals surface area contributed by atoms with Gasteiger partial charge in [0.15, 0.2) is 0 Å². The second-order valence-corrected chi connectivity index (χ2v) is 4.25. The summed E-state index contributed by atoms with van der Waals surface area (Å²) in [5.74, 6) is -0.204. The van der Waals surface area contributed by atoms with Crippen LogP contribution in [0, 0.1) is 5.92 Å². The molecule has 1 aliphatic heterocycles. The molecule has 0 saturated carbocycles. The van der Waals surface area contributed by atoms with E-state index >= 15 is 0 Å². The van der Waals surface area contributed by atoms with Gasteiger partial charge in [0.2, 0.25) is 0 Å². The first-order valence-corrected chi connectivity index (χ1v) is 5.65.